The van der Waals surface area contributed by atoms with Gasteiger partial charge in [0.05, 0.1) is 12.5 Å². The molecule has 94 valence electrons. The quantitative estimate of drug-likeness (QED) is 0.680. The number of amides is 1. The van der Waals surface area contributed by atoms with Crippen LogP contribution in [0.4, 0.5) is 0 Å². The fraction of sp³-hybridized carbons (Fsp3) is 0.692. The first-order chi connectivity index (χ1) is 7.90. The Morgan fingerprint density at radius 1 is 1.53 bits per heavy atom. The number of nitriles is 1. The molecule has 0 bridgehead atoms. The van der Waals surface area contributed by atoms with Crippen molar-refractivity contribution in [2.45, 2.75) is 38.8 Å². The molecule has 0 unspecified atom stereocenters. The topological polar surface area (TPSA) is 47.3 Å². The Labute approximate surface area is 103 Å². The lowest BCUT2D eigenvalue weighted by Crippen LogP contribution is -2.59. The lowest BCUT2D eigenvalue weighted by molar-refractivity contribution is -0.130. The molecule has 0 aromatic carbocycles. The van der Waals surface area contributed by atoms with Crippen LogP contribution in [0.15, 0.2) is 12.7 Å². The molecule has 0 N–H and O–H groups in total. The normalized spacial score (nSPS) is 22.0. The summed E-state index contributed by atoms with van der Waals surface area (Å²) in [6.07, 6.45) is 1.80. The zero-order valence-corrected chi connectivity index (χ0v) is 10.9. The van der Waals surface area contributed by atoms with Crippen molar-refractivity contribution in [3.63, 3.8) is 0 Å². The van der Waals surface area contributed by atoms with Gasteiger partial charge in [0.25, 0.3) is 0 Å². The van der Waals surface area contributed by atoms with E-state index >= 15 is 0 Å². The molecular formula is C13H21N3O. The molecule has 0 spiro atoms. The van der Waals surface area contributed by atoms with Crippen LogP contribution in [0, 0.1) is 11.3 Å². The number of hydrogen-bond donors (Lipinski definition) is 0. The maximum Gasteiger partial charge on any atom is 0.246 e. The van der Waals surface area contributed by atoms with E-state index in [4.69, 9.17) is 5.26 Å². The van der Waals surface area contributed by atoms with Gasteiger partial charge in [-0.15, -0.1) is 0 Å². The van der Waals surface area contributed by atoms with Crippen molar-refractivity contribution in [2.24, 2.45) is 0 Å². The van der Waals surface area contributed by atoms with Gasteiger partial charge in [0.2, 0.25) is 5.91 Å². The van der Waals surface area contributed by atoms with E-state index in [0.717, 1.165) is 6.54 Å². The Hall–Kier alpha value is -1.34. The number of carbonyl (C=O) groups is 1. The highest BCUT2D eigenvalue weighted by Gasteiger charge is 2.34. The minimum atomic E-state index is -0.0403. The summed E-state index contributed by atoms with van der Waals surface area (Å²) in [6.45, 7) is 12.1. The molecule has 1 aliphatic rings. The van der Waals surface area contributed by atoms with Crippen molar-refractivity contribution in [1.82, 2.24) is 9.80 Å². The number of nitrogens with zero attached hydrogens (tertiary/aromatic N) is 3. The molecule has 1 heterocycles. The largest absolute Gasteiger partial charge is 0.336 e. The predicted molar refractivity (Wildman–Crippen MR) is 67.3 cm³/mol. The van der Waals surface area contributed by atoms with Crippen LogP contribution in [0.3, 0.4) is 0 Å². The van der Waals surface area contributed by atoms with Gasteiger partial charge in [0.15, 0.2) is 0 Å². The second-order valence-electron chi connectivity index (χ2n) is 5.37. The summed E-state index contributed by atoms with van der Waals surface area (Å²) >= 11 is 0. The average Bonchev–Trinajstić information content (AvgIpc) is 2.27. The summed E-state index contributed by atoms with van der Waals surface area (Å²) in [5.41, 5.74) is 0.0326. The third-order valence-corrected chi connectivity index (χ3v) is 3.16. The molecule has 1 aliphatic heterocycles. The van der Waals surface area contributed by atoms with Crippen LogP contribution in [0.2, 0.25) is 0 Å². The summed E-state index contributed by atoms with van der Waals surface area (Å²) in [5.74, 6) is -0.0403. The predicted octanol–water partition coefficient (Wildman–Crippen LogP) is 1.40. The average molecular weight is 235 g/mol. The lowest BCUT2D eigenvalue weighted by Gasteiger charge is -2.47. The Morgan fingerprint density at radius 3 is 2.65 bits per heavy atom. The van der Waals surface area contributed by atoms with Gasteiger partial charge in [-0.1, -0.05) is 6.58 Å². The van der Waals surface area contributed by atoms with Crippen molar-refractivity contribution >= 4 is 5.91 Å². The number of piperazine rings is 1. The highest BCUT2D eigenvalue weighted by molar-refractivity contribution is 5.87. The number of carbonyl (C=O) groups excluding carboxylic acids is 1. The van der Waals surface area contributed by atoms with E-state index in [2.05, 4.69) is 38.3 Å². The van der Waals surface area contributed by atoms with E-state index in [-0.39, 0.29) is 17.5 Å². The smallest absolute Gasteiger partial charge is 0.246 e. The maximum absolute atomic E-state index is 11.6. The van der Waals surface area contributed by atoms with Crippen LogP contribution >= 0.6 is 0 Å². The molecule has 1 fully saturated rings. The molecule has 17 heavy (non-hydrogen) atoms. The Morgan fingerprint density at radius 2 is 2.18 bits per heavy atom. The second kappa shape index (κ2) is 5.33. The molecule has 0 aromatic heterocycles. The van der Waals surface area contributed by atoms with Gasteiger partial charge >= 0.3 is 0 Å². The first kappa shape index (κ1) is 13.7. The standard InChI is InChI=1S/C13H21N3O/c1-5-12(17)15-8-9-16(13(2,3)4)11(10-15)6-7-14/h5,11H,1,6,8-10H2,2-4H3/t11-/m1/s1. The highest BCUT2D eigenvalue weighted by atomic mass is 16.2. The molecule has 1 saturated heterocycles. The number of rotatable bonds is 2. The summed E-state index contributed by atoms with van der Waals surface area (Å²) in [4.78, 5) is 15.7. The molecular weight excluding hydrogens is 214 g/mol. The zero-order chi connectivity index (χ0) is 13.1. The first-order valence-corrected chi connectivity index (χ1v) is 5.95. The summed E-state index contributed by atoms with van der Waals surface area (Å²) in [7, 11) is 0. The van der Waals surface area contributed by atoms with Gasteiger partial charge in [-0.25, -0.2) is 0 Å². The monoisotopic (exact) mass is 235 g/mol. The van der Waals surface area contributed by atoms with Crippen molar-refractivity contribution < 1.29 is 4.79 Å². The third-order valence-electron chi connectivity index (χ3n) is 3.16. The Bertz CT molecular complexity index is 338. The van der Waals surface area contributed by atoms with E-state index in [1.807, 2.05) is 0 Å². The Kier molecular flexibility index (Phi) is 4.30. The van der Waals surface area contributed by atoms with Gasteiger partial charge in [-0.2, -0.15) is 5.26 Å². The van der Waals surface area contributed by atoms with E-state index in [1.165, 1.54) is 6.08 Å². The Balaban J connectivity index is 2.78. The van der Waals surface area contributed by atoms with E-state index in [1.54, 1.807) is 4.90 Å². The molecule has 0 saturated carbocycles. The molecule has 0 aromatic rings. The van der Waals surface area contributed by atoms with Crippen LogP contribution in [0.25, 0.3) is 0 Å². The molecule has 1 atom stereocenters. The van der Waals surface area contributed by atoms with Crippen LogP contribution in [-0.2, 0) is 4.79 Å². The highest BCUT2D eigenvalue weighted by Crippen LogP contribution is 2.22. The summed E-state index contributed by atoms with van der Waals surface area (Å²) in [6, 6.07) is 2.33. The molecule has 0 radical (unpaired) electrons. The fourth-order valence-corrected chi connectivity index (χ4v) is 2.35. The van der Waals surface area contributed by atoms with Crippen LogP contribution in [0.5, 0.6) is 0 Å². The van der Waals surface area contributed by atoms with Gasteiger partial charge < -0.3 is 4.90 Å². The van der Waals surface area contributed by atoms with Gasteiger partial charge in [0.1, 0.15) is 0 Å². The minimum absolute atomic E-state index is 0.0326. The second-order valence-corrected chi connectivity index (χ2v) is 5.37. The summed E-state index contributed by atoms with van der Waals surface area (Å²) < 4.78 is 0. The van der Waals surface area contributed by atoms with Crippen molar-refractivity contribution in [3.8, 4) is 6.07 Å². The van der Waals surface area contributed by atoms with Crippen LogP contribution < -0.4 is 0 Å². The zero-order valence-electron chi connectivity index (χ0n) is 10.9. The van der Waals surface area contributed by atoms with Gasteiger partial charge in [0, 0.05) is 31.2 Å². The summed E-state index contributed by atoms with van der Waals surface area (Å²) in [5, 5.41) is 8.88. The SMILES string of the molecule is C=CC(=O)N1CCN(C(C)(C)C)[C@H](CC#N)C1. The van der Waals surface area contributed by atoms with Crippen molar-refractivity contribution in [3.05, 3.63) is 12.7 Å². The van der Waals surface area contributed by atoms with E-state index in [9.17, 15) is 4.79 Å². The minimum Gasteiger partial charge on any atom is -0.336 e. The maximum atomic E-state index is 11.6. The number of hydrogen-bond acceptors (Lipinski definition) is 3. The van der Waals surface area contributed by atoms with Gasteiger partial charge in [-0.05, 0) is 26.8 Å². The van der Waals surface area contributed by atoms with Crippen LogP contribution in [-0.4, -0.2) is 46.9 Å². The van der Waals surface area contributed by atoms with Gasteiger partial charge in [-0.3, -0.25) is 9.69 Å². The lowest BCUT2D eigenvalue weighted by atomic mass is 9.98. The molecule has 4 heteroatoms. The third kappa shape index (κ3) is 3.31. The first-order valence-electron chi connectivity index (χ1n) is 5.95. The van der Waals surface area contributed by atoms with Crippen molar-refractivity contribution in [1.29, 1.82) is 5.26 Å². The van der Waals surface area contributed by atoms with E-state index < -0.39 is 0 Å². The van der Waals surface area contributed by atoms with E-state index in [0.29, 0.717) is 19.5 Å². The molecule has 1 amide bonds. The van der Waals surface area contributed by atoms with Crippen molar-refractivity contribution in [2.75, 3.05) is 19.6 Å². The molecule has 1 rings (SSSR count). The van der Waals surface area contributed by atoms with Crippen LogP contribution in [0.1, 0.15) is 27.2 Å². The molecule has 4 nitrogen and oxygen atoms in total. The fourth-order valence-electron chi connectivity index (χ4n) is 2.35. The molecule has 0 aliphatic carbocycles.